The third-order valence-electron chi connectivity index (χ3n) is 5.81. The molecule has 6 nitrogen and oxygen atoms in total. The SMILES string of the molecule is CCN(CC(=O)Nc1ccc(OC)cc1)CC(=O)N[C@@H](C)c1ccc2c(c1)CCCC2. The molecule has 1 atom stereocenters. The van der Waals surface area contributed by atoms with Gasteiger partial charge in [-0.05, 0) is 80.1 Å². The minimum absolute atomic E-state index is 0.0634. The third-order valence-corrected chi connectivity index (χ3v) is 5.81. The number of fused-ring (bicyclic) bond motifs is 1. The van der Waals surface area contributed by atoms with Crippen molar-refractivity contribution < 1.29 is 14.3 Å². The van der Waals surface area contributed by atoms with E-state index in [4.69, 9.17) is 4.74 Å². The van der Waals surface area contributed by atoms with E-state index >= 15 is 0 Å². The van der Waals surface area contributed by atoms with Crippen molar-refractivity contribution in [3.05, 3.63) is 59.2 Å². The maximum atomic E-state index is 12.6. The number of carbonyl (C=O) groups excluding carboxylic acids is 2. The van der Waals surface area contributed by atoms with Crippen LogP contribution in [0.25, 0.3) is 0 Å². The second-order valence-corrected chi connectivity index (χ2v) is 8.10. The number of ether oxygens (including phenoxy) is 1. The van der Waals surface area contributed by atoms with Crippen LogP contribution < -0.4 is 15.4 Å². The van der Waals surface area contributed by atoms with E-state index in [9.17, 15) is 9.59 Å². The number of anilines is 1. The fourth-order valence-corrected chi connectivity index (χ4v) is 3.95. The van der Waals surface area contributed by atoms with Crippen molar-refractivity contribution in [2.75, 3.05) is 32.1 Å². The molecule has 0 saturated carbocycles. The van der Waals surface area contributed by atoms with Crippen LogP contribution in [0, 0.1) is 0 Å². The lowest BCUT2D eigenvalue weighted by molar-refractivity contribution is -0.123. The molecule has 3 rings (SSSR count). The van der Waals surface area contributed by atoms with Crippen molar-refractivity contribution in [1.29, 1.82) is 0 Å². The normalized spacial score (nSPS) is 13.9. The highest BCUT2D eigenvalue weighted by atomic mass is 16.5. The van der Waals surface area contributed by atoms with Gasteiger partial charge in [-0.25, -0.2) is 0 Å². The number of benzene rings is 2. The standard InChI is InChI=1S/C25H33N3O3/c1-4-28(17-25(30)27-22-11-13-23(31-3)14-12-22)16-24(29)26-18(2)20-10-9-19-7-5-6-8-21(19)15-20/h9-15,18H,4-8,16-17H2,1-3H3,(H,26,29)(H,27,30)/t18-/m0/s1. The van der Waals surface area contributed by atoms with Crippen molar-refractivity contribution in [2.45, 2.75) is 45.6 Å². The van der Waals surface area contributed by atoms with Crippen molar-refractivity contribution >= 4 is 17.5 Å². The first-order chi connectivity index (χ1) is 15.0. The summed E-state index contributed by atoms with van der Waals surface area (Å²) in [6.07, 6.45) is 4.77. The van der Waals surface area contributed by atoms with E-state index < -0.39 is 0 Å². The third kappa shape index (κ3) is 6.56. The molecule has 0 heterocycles. The van der Waals surface area contributed by atoms with Crippen LogP contribution in [0.15, 0.2) is 42.5 Å². The van der Waals surface area contributed by atoms with Crippen molar-refractivity contribution in [3.63, 3.8) is 0 Å². The number of methoxy groups -OCH3 is 1. The summed E-state index contributed by atoms with van der Waals surface area (Å²) >= 11 is 0. The summed E-state index contributed by atoms with van der Waals surface area (Å²) in [5.74, 6) is 0.504. The van der Waals surface area contributed by atoms with E-state index in [0.717, 1.165) is 24.2 Å². The van der Waals surface area contributed by atoms with Gasteiger partial charge in [-0.1, -0.05) is 25.1 Å². The van der Waals surface area contributed by atoms with E-state index in [1.165, 1.54) is 24.0 Å². The molecule has 1 aliphatic rings. The summed E-state index contributed by atoms with van der Waals surface area (Å²) in [5.41, 5.74) is 4.69. The number of carbonyl (C=O) groups is 2. The second kappa shape index (κ2) is 11.0. The van der Waals surface area contributed by atoms with Crippen LogP contribution in [0.5, 0.6) is 5.75 Å². The number of nitrogens with zero attached hydrogens (tertiary/aromatic N) is 1. The Morgan fingerprint density at radius 3 is 2.35 bits per heavy atom. The van der Waals surface area contributed by atoms with E-state index in [2.05, 4.69) is 28.8 Å². The van der Waals surface area contributed by atoms with Gasteiger partial charge in [0.2, 0.25) is 11.8 Å². The first-order valence-electron chi connectivity index (χ1n) is 11.1. The summed E-state index contributed by atoms with van der Waals surface area (Å²) in [4.78, 5) is 26.8. The van der Waals surface area contributed by atoms with Gasteiger partial charge in [0.25, 0.3) is 0 Å². The smallest absolute Gasteiger partial charge is 0.238 e. The van der Waals surface area contributed by atoms with Gasteiger partial charge in [0.15, 0.2) is 0 Å². The number of hydrogen-bond acceptors (Lipinski definition) is 4. The maximum absolute atomic E-state index is 12.6. The Kier molecular flexibility index (Phi) is 8.06. The Morgan fingerprint density at radius 2 is 1.68 bits per heavy atom. The molecule has 0 spiro atoms. The van der Waals surface area contributed by atoms with Crippen molar-refractivity contribution in [1.82, 2.24) is 10.2 Å². The molecule has 0 saturated heterocycles. The number of nitrogens with one attached hydrogen (secondary N) is 2. The largest absolute Gasteiger partial charge is 0.497 e. The Labute approximate surface area is 185 Å². The van der Waals surface area contributed by atoms with Crippen LogP contribution >= 0.6 is 0 Å². The van der Waals surface area contributed by atoms with Gasteiger partial charge in [-0.15, -0.1) is 0 Å². The number of amides is 2. The average Bonchev–Trinajstić information content (AvgIpc) is 2.78. The van der Waals surface area contributed by atoms with E-state index in [-0.39, 0.29) is 30.9 Å². The predicted octanol–water partition coefficient (Wildman–Crippen LogP) is 3.71. The molecule has 0 aromatic heterocycles. The fraction of sp³-hybridized carbons (Fsp3) is 0.440. The minimum Gasteiger partial charge on any atom is -0.497 e. The van der Waals surface area contributed by atoms with Gasteiger partial charge in [-0.2, -0.15) is 0 Å². The number of rotatable bonds is 9. The summed E-state index contributed by atoms with van der Waals surface area (Å²) in [7, 11) is 1.60. The number of aryl methyl sites for hydroxylation is 2. The van der Waals surface area contributed by atoms with Gasteiger partial charge in [-0.3, -0.25) is 14.5 Å². The molecule has 0 fully saturated rings. The quantitative estimate of drug-likeness (QED) is 0.645. The lowest BCUT2D eigenvalue weighted by Gasteiger charge is -2.22. The minimum atomic E-state index is -0.150. The number of likely N-dealkylation sites (N-methyl/N-ethyl adjacent to an activating group) is 1. The van der Waals surface area contributed by atoms with Gasteiger partial charge >= 0.3 is 0 Å². The van der Waals surface area contributed by atoms with Crippen LogP contribution in [0.3, 0.4) is 0 Å². The molecule has 2 aromatic rings. The zero-order valence-corrected chi connectivity index (χ0v) is 18.7. The van der Waals surface area contributed by atoms with Crippen LogP contribution in [0.2, 0.25) is 0 Å². The number of hydrogen-bond donors (Lipinski definition) is 2. The van der Waals surface area contributed by atoms with Crippen molar-refractivity contribution in [3.8, 4) is 5.75 Å². The Morgan fingerprint density at radius 1 is 1.00 bits per heavy atom. The highest BCUT2D eigenvalue weighted by Gasteiger charge is 2.17. The molecule has 2 N–H and O–H groups in total. The second-order valence-electron chi connectivity index (χ2n) is 8.10. The molecule has 0 aliphatic heterocycles. The van der Waals surface area contributed by atoms with Crippen LogP contribution in [0.1, 0.15) is 49.4 Å². The van der Waals surface area contributed by atoms with Crippen molar-refractivity contribution in [2.24, 2.45) is 0 Å². The summed E-state index contributed by atoms with van der Waals surface area (Å²) < 4.78 is 5.13. The van der Waals surface area contributed by atoms with Gasteiger partial charge in [0, 0.05) is 5.69 Å². The van der Waals surface area contributed by atoms with E-state index in [0.29, 0.717) is 12.2 Å². The molecule has 0 radical (unpaired) electrons. The van der Waals surface area contributed by atoms with E-state index in [1.807, 2.05) is 18.7 Å². The average molecular weight is 424 g/mol. The van der Waals surface area contributed by atoms with Crippen LogP contribution in [-0.4, -0.2) is 43.5 Å². The molecule has 0 bridgehead atoms. The Balaban J connectivity index is 1.49. The first kappa shape index (κ1) is 22.8. The molecule has 31 heavy (non-hydrogen) atoms. The molecule has 6 heteroatoms. The van der Waals surface area contributed by atoms with Crippen LogP contribution in [-0.2, 0) is 22.4 Å². The molecular formula is C25H33N3O3. The van der Waals surface area contributed by atoms with E-state index in [1.54, 1.807) is 31.4 Å². The van der Waals surface area contributed by atoms with Gasteiger partial charge in [0.05, 0.1) is 26.2 Å². The summed E-state index contributed by atoms with van der Waals surface area (Å²) in [6.45, 7) is 4.90. The summed E-state index contributed by atoms with van der Waals surface area (Å²) in [5, 5.41) is 5.94. The van der Waals surface area contributed by atoms with Crippen LogP contribution in [0.4, 0.5) is 5.69 Å². The lowest BCUT2D eigenvalue weighted by Crippen LogP contribution is -2.41. The van der Waals surface area contributed by atoms with Gasteiger partial charge in [0.1, 0.15) is 5.75 Å². The van der Waals surface area contributed by atoms with Gasteiger partial charge < -0.3 is 15.4 Å². The highest BCUT2D eigenvalue weighted by Crippen LogP contribution is 2.24. The monoisotopic (exact) mass is 423 g/mol. The zero-order valence-electron chi connectivity index (χ0n) is 18.7. The molecule has 0 unspecified atom stereocenters. The predicted molar refractivity (Wildman–Crippen MR) is 123 cm³/mol. The highest BCUT2D eigenvalue weighted by molar-refractivity contribution is 5.92. The molecule has 1 aliphatic carbocycles. The molecule has 2 aromatic carbocycles. The Hall–Kier alpha value is -2.86. The molecule has 166 valence electrons. The molecular weight excluding hydrogens is 390 g/mol. The lowest BCUT2D eigenvalue weighted by atomic mass is 9.89. The first-order valence-corrected chi connectivity index (χ1v) is 11.1. The molecule has 2 amide bonds. The maximum Gasteiger partial charge on any atom is 0.238 e. The topological polar surface area (TPSA) is 70.7 Å². The Bertz CT molecular complexity index is 895. The zero-order chi connectivity index (χ0) is 22.2. The fourth-order valence-electron chi connectivity index (χ4n) is 3.95. The summed E-state index contributed by atoms with van der Waals surface area (Å²) in [6, 6.07) is 13.7.